The molecule has 2 aromatic heterocycles. The first-order valence-corrected chi connectivity index (χ1v) is 9.52. The number of nitrogens with two attached hydrogens (primary N) is 1. The summed E-state index contributed by atoms with van der Waals surface area (Å²) in [5, 5.41) is 0. The van der Waals surface area contributed by atoms with Crippen LogP contribution in [0, 0.1) is 0 Å². The van der Waals surface area contributed by atoms with Crippen molar-refractivity contribution in [2.45, 2.75) is 12.4 Å². The second-order valence-corrected chi connectivity index (χ2v) is 7.34. The fourth-order valence-corrected chi connectivity index (χ4v) is 3.84. The van der Waals surface area contributed by atoms with Crippen molar-refractivity contribution in [1.29, 1.82) is 0 Å². The smallest absolute Gasteiger partial charge is 0.491 e. The van der Waals surface area contributed by atoms with Gasteiger partial charge in [-0.15, -0.1) is 13.2 Å². The summed E-state index contributed by atoms with van der Waals surface area (Å²) in [7, 11) is 1.61. The number of hydrogen-bond donors (Lipinski definition) is 1. The quantitative estimate of drug-likeness (QED) is 0.520. The number of amides is 1. The molecule has 0 fully saturated rings. The molecule has 0 spiro atoms. The van der Waals surface area contributed by atoms with Gasteiger partial charge in [0.25, 0.3) is 5.91 Å². The molecule has 0 saturated heterocycles. The molecule has 1 atom stereocenters. The SMILES string of the molecule is CN(C(=O)c1ccc2nc(N)c3cncn3c2c1)[C@@H]1COc2cc(OC(F)(F)F)ccc21. The summed E-state index contributed by atoms with van der Waals surface area (Å²) < 4.78 is 48.6. The molecule has 5 rings (SSSR count). The Kier molecular flexibility index (Phi) is 4.36. The lowest BCUT2D eigenvalue weighted by Gasteiger charge is -2.24. The number of benzene rings is 2. The molecule has 8 nitrogen and oxygen atoms in total. The van der Waals surface area contributed by atoms with Crippen LogP contribution in [0.25, 0.3) is 16.6 Å². The van der Waals surface area contributed by atoms with Crippen LogP contribution in [0.4, 0.5) is 19.0 Å². The van der Waals surface area contributed by atoms with E-state index >= 15 is 0 Å². The maximum atomic E-state index is 13.2. The summed E-state index contributed by atoms with van der Waals surface area (Å²) in [6, 6.07) is 8.43. The van der Waals surface area contributed by atoms with Crippen molar-refractivity contribution in [3.8, 4) is 11.5 Å². The number of aromatic nitrogens is 3. The topological polar surface area (TPSA) is 95.0 Å². The van der Waals surface area contributed by atoms with Crippen LogP contribution in [-0.2, 0) is 0 Å². The fourth-order valence-electron chi connectivity index (χ4n) is 3.84. The van der Waals surface area contributed by atoms with Gasteiger partial charge in [-0.3, -0.25) is 9.20 Å². The Bertz CT molecular complexity index is 1370. The molecule has 0 bridgehead atoms. The van der Waals surface area contributed by atoms with Crippen molar-refractivity contribution in [1.82, 2.24) is 19.3 Å². The molecule has 32 heavy (non-hydrogen) atoms. The van der Waals surface area contributed by atoms with E-state index in [1.165, 1.54) is 23.1 Å². The zero-order chi connectivity index (χ0) is 22.6. The first kappa shape index (κ1) is 19.9. The van der Waals surface area contributed by atoms with Crippen molar-refractivity contribution < 1.29 is 27.4 Å². The largest absolute Gasteiger partial charge is 0.573 e. The van der Waals surface area contributed by atoms with Crippen molar-refractivity contribution in [3.63, 3.8) is 0 Å². The zero-order valence-corrected chi connectivity index (χ0v) is 16.6. The molecule has 0 unspecified atom stereocenters. The minimum Gasteiger partial charge on any atom is -0.491 e. The summed E-state index contributed by atoms with van der Waals surface area (Å²) in [6.45, 7) is 0.116. The lowest BCUT2D eigenvalue weighted by atomic mass is 10.1. The number of imidazole rings is 1. The number of fused-ring (bicyclic) bond motifs is 4. The monoisotopic (exact) mass is 443 g/mol. The second kappa shape index (κ2) is 7.01. The minimum absolute atomic E-state index is 0.116. The van der Waals surface area contributed by atoms with E-state index in [1.807, 2.05) is 0 Å². The summed E-state index contributed by atoms with van der Waals surface area (Å²) in [4.78, 5) is 23.1. The van der Waals surface area contributed by atoms with Gasteiger partial charge in [0.05, 0.1) is 29.6 Å². The van der Waals surface area contributed by atoms with Gasteiger partial charge in [-0.2, -0.15) is 0 Å². The number of ether oxygens (including phenoxy) is 2. The van der Waals surface area contributed by atoms with E-state index in [0.29, 0.717) is 33.5 Å². The summed E-state index contributed by atoms with van der Waals surface area (Å²) >= 11 is 0. The van der Waals surface area contributed by atoms with E-state index in [1.54, 1.807) is 42.2 Å². The molecule has 2 aromatic carbocycles. The predicted molar refractivity (Wildman–Crippen MR) is 108 cm³/mol. The highest BCUT2D eigenvalue weighted by Crippen LogP contribution is 2.39. The van der Waals surface area contributed by atoms with Gasteiger partial charge in [-0.05, 0) is 30.3 Å². The number of nitrogen functional groups attached to an aromatic ring is 1. The van der Waals surface area contributed by atoms with E-state index in [2.05, 4.69) is 14.7 Å². The van der Waals surface area contributed by atoms with E-state index in [4.69, 9.17) is 10.5 Å². The molecule has 11 heteroatoms. The third-order valence-electron chi connectivity index (χ3n) is 5.39. The Hall–Kier alpha value is -4.02. The van der Waals surface area contributed by atoms with Gasteiger partial charge in [0.2, 0.25) is 0 Å². The molecular weight excluding hydrogens is 427 g/mol. The molecule has 0 aliphatic carbocycles. The van der Waals surface area contributed by atoms with E-state index < -0.39 is 12.4 Å². The molecule has 0 radical (unpaired) electrons. The average molecular weight is 443 g/mol. The van der Waals surface area contributed by atoms with Crippen molar-refractivity contribution in [2.24, 2.45) is 0 Å². The first-order chi connectivity index (χ1) is 15.2. The highest BCUT2D eigenvalue weighted by Gasteiger charge is 2.34. The maximum absolute atomic E-state index is 13.2. The first-order valence-electron chi connectivity index (χ1n) is 9.52. The van der Waals surface area contributed by atoms with Crippen molar-refractivity contribution in [3.05, 3.63) is 60.0 Å². The number of carbonyl (C=O) groups excluding carboxylic acids is 1. The lowest BCUT2D eigenvalue weighted by Crippen LogP contribution is -2.32. The Labute approximate surface area is 179 Å². The van der Waals surface area contributed by atoms with Crippen LogP contribution in [0.1, 0.15) is 22.0 Å². The Balaban J connectivity index is 1.45. The van der Waals surface area contributed by atoms with Gasteiger partial charge in [-0.25, -0.2) is 9.97 Å². The molecule has 1 aliphatic heterocycles. The van der Waals surface area contributed by atoms with Gasteiger partial charge in [0.1, 0.15) is 29.4 Å². The zero-order valence-electron chi connectivity index (χ0n) is 16.6. The molecule has 3 heterocycles. The normalized spacial score (nSPS) is 15.6. The van der Waals surface area contributed by atoms with Crippen LogP contribution in [0.5, 0.6) is 11.5 Å². The van der Waals surface area contributed by atoms with Gasteiger partial charge in [-0.1, -0.05) is 0 Å². The molecule has 0 saturated carbocycles. The molecule has 2 N–H and O–H groups in total. The highest BCUT2D eigenvalue weighted by atomic mass is 19.4. The summed E-state index contributed by atoms with van der Waals surface area (Å²) in [5.74, 6) is -0.0833. The lowest BCUT2D eigenvalue weighted by molar-refractivity contribution is -0.274. The molecule has 1 amide bonds. The Morgan fingerprint density at radius 1 is 1.25 bits per heavy atom. The molecule has 4 aromatic rings. The fraction of sp³-hybridized carbons (Fsp3) is 0.190. The van der Waals surface area contributed by atoms with Crippen LogP contribution in [0.3, 0.4) is 0 Å². The number of carbonyl (C=O) groups is 1. The van der Waals surface area contributed by atoms with Crippen LogP contribution in [0.15, 0.2) is 48.9 Å². The number of hydrogen-bond acceptors (Lipinski definition) is 6. The third kappa shape index (κ3) is 3.31. The van der Waals surface area contributed by atoms with Crippen LogP contribution < -0.4 is 15.2 Å². The van der Waals surface area contributed by atoms with Crippen LogP contribution in [-0.4, -0.2) is 45.2 Å². The predicted octanol–water partition coefficient (Wildman–Crippen LogP) is 3.57. The number of likely N-dealkylation sites (N-methyl/N-ethyl adjacent to an activating group) is 1. The van der Waals surface area contributed by atoms with Crippen molar-refractivity contribution >= 4 is 28.3 Å². The van der Waals surface area contributed by atoms with Gasteiger partial charge in [0, 0.05) is 24.2 Å². The Morgan fingerprint density at radius 3 is 2.84 bits per heavy atom. The van der Waals surface area contributed by atoms with Gasteiger partial charge in [0.15, 0.2) is 0 Å². The highest BCUT2D eigenvalue weighted by molar-refractivity contribution is 5.98. The number of alkyl halides is 3. The van der Waals surface area contributed by atoms with E-state index in [-0.39, 0.29) is 24.0 Å². The number of halogens is 3. The van der Waals surface area contributed by atoms with E-state index in [9.17, 15) is 18.0 Å². The number of rotatable bonds is 3. The number of anilines is 1. The Morgan fingerprint density at radius 2 is 2.06 bits per heavy atom. The van der Waals surface area contributed by atoms with Gasteiger partial charge >= 0.3 is 6.36 Å². The summed E-state index contributed by atoms with van der Waals surface area (Å²) in [6.07, 6.45) is -1.61. The second-order valence-electron chi connectivity index (χ2n) is 7.34. The van der Waals surface area contributed by atoms with E-state index in [0.717, 1.165) is 0 Å². The maximum Gasteiger partial charge on any atom is 0.573 e. The van der Waals surface area contributed by atoms with Crippen molar-refractivity contribution in [2.75, 3.05) is 19.4 Å². The van der Waals surface area contributed by atoms with Crippen LogP contribution >= 0.6 is 0 Å². The third-order valence-corrected chi connectivity index (χ3v) is 5.39. The molecule has 164 valence electrons. The summed E-state index contributed by atoms with van der Waals surface area (Å²) in [5.41, 5.74) is 8.87. The van der Waals surface area contributed by atoms with Gasteiger partial charge < -0.3 is 20.1 Å². The molecule has 1 aliphatic rings. The standard InChI is InChI=1S/C21H16F3N5O3/c1-28(17-9-31-18-7-12(3-4-13(17)18)32-21(22,23)24)20(30)11-2-5-14-15(6-11)29-10-26-8-16(29)19(25)27-14/h2-8,10,17H,9H2,1H3,(H2,25,27)/t17-/m1/s1. The minimum atomic E-state index is -4.80. The van der Waals surface area contributed by atoms with Crippen LogP contribution in [0.2, 0.25) is 0 Å². The average Bonchev–Trinajstić information content (AvgIpc) is 3.39. The number of nitrogens with zero attached hydrogens (tertiary/aromatic N) is 4. The molecular formula is C21H16F3N5O3.